The first-order valence-electron chi connectivity index (χ1n) is 5.57. The first-order valence-corrected chi connectivity index (χ1v) is 6.77. The van der Waals surface area contributed by atoms with E-state index >= 15 is 0 Å². The van der Waals surface area contributed by atoms with Crippen LogP contribution in [0.2, 0.25) is 0 Å². The molecule has 1 aromatic carbocycles. The van der Waals surface area contributed by atoms with Gasteiger partial charge in [0.1, 0.15) is 10.6 Å². The molecular weight excluding hydrogens is 342 g/mol. The predicted octanol–water partition coefficient (Wildman–Crippen LogP) is 2.02. The summed E-state index contributed by atoms with van der Waals surface area (Å²) in [6.07, 6.45) is 2.82. The van der Waals surface area contributed by atoms with E-state index in [1.165, 1.54) is 18.5 Å². The van der Waals surface area contributed by atoms with Crippen LogP contribution in [0.15, 0.2) is 45.9 Å². The summed E-state index contributed by atoms with van der Waals surface area (Å²) in [5.41, 5.74) is 6.42. The monoisotopic (exact) mass is 351 g/mol. The van der Waals surface area contributed by atoms with Crippen molar-refractivity contribution in [3.8, 4) is 0 Å². The number of nitrogens with two attached hydrogens (primary N) is 1. The number of carbonyl (C=O) groups is 1. The van der Waals surface area contributed by atoms with Gasteiger partial charge in [-0.1, -0.05) is 12.2 Å². The Hall–Kier alpha value is -1.99. The second-order valence-electron chi connectivity index (χ2n) is 3.94. The molecule has 0 saturated heterocycles. The number of thiocarbonyl (C=S) groups is 1. The van der Waals surface area contributed by atoms with Gasteiger partial charge in [-0.25, -0.2) is 0 Å². The molecule has 0 fully saturated rings. The Morgan fingerprint density at radius 2 is 2.10 bits per heavy atom. The van der Waals surface area contributed by atoms with E-state index in [1.54, 1.807) is 18.2 Å². The number of halogens is 1. The van der Waals surface area contributed by atoms with Gasteiger partial charge in [0.2, 0.25) is 0 Å². The lowest BCUT2D eigenvalue weighted by molar-refractivity contribution is 0.102. The third-order valence-electron chi connectivity index (χ3n) is 2.57. The number of aromatic nitrogens is 1. The van der Waals surface area contributed by atoms with Crippen molar-refractivity contribution in [2.75, 3.05) is 5.32 Å². The second-order valence-corrected chi connectivity index (χ2v) is 5.23. The number of hydrogen-bond donors (Lipinski definition) is 3. The Balaban J connectivity index is 2.27. The quantitative estimate of drug-likeness (QED) is 0.738. The van der Waals surface area contributed by atoms with Crippen LogP contribution >= 0.6 is 28.1 Å². The molecule has 2 rings (SSSR count). The van der Waals surface area contributed by atoms with Gasteiger partial charge in [0.15, 0.2) is 5.43 Å². The fraction of sp³-hybridized carbons (Fsp3) is 0. The molecule has 5 nitrogen and oxygen atoms in total. The van der Waals surface area contributed by atoms with Gasteiger partial charge in [0, 0.05) is 28.5 Å². The minimum atomic E-state index is -0.490. The van der Waals surface area contributed by atoms with Gasteiger partial charge in [0.05, 0.1) is 5.69 Å². The van der Waals surface area contributed by atoms with E-state index in [-0.39, 0.29) is 16.0 Å². The van der Waals surface area contributed by atoms with Crippen LogP contribution < -0.4 is 16.5 Å². The van der Waals surface area contributed by atoms with Crippen LogP contribution in [-0.2, 0) is 0 Å². The maximum Gasteiger partial charge on any atom is 0.261 e. The largest absolute Gasteiger partial charge is 0.389 e. The fourth-order valence-electron chi connectivity index (χ4n) is 1.55. The van der Waals surface area contributed by atoms with Crippen LogP contribution in [0.3, 0.4) is 0 Å². The topological polar surface area (TPSA) is 88.0 Å². The molecule has 1 amide bonds. The molecule has 0 aliphatic carbocycles. The van der Waals surface area contributed by atoms with Gasteiger partial charge in [-0.3, -0.25) is 9.59 Å². The summed E-state index contributed by atoms with van der Waals surface area (Å²) in [6.45, 7) is 0. The van der Waals surface area contributed by atoms with E-state index in [1.807, 2.05) is 0 Å². The zero-order chi connectivity index (χ0) is 14.7. The normalized spacial score (nSPS) is 10.1. The molecule has 7 heteroatoms. The highest BCUT2D eigenvalue weighted by molar-refractivity contribution is 9.10. The van der Waals surface area contributed by atoms with Crippen molar-refractivity contribution in [2.24, 2.45) is 5.73 Å². The number of anilines is 1. The molecule has 2 aromatic rings. The van der Waals surface area contributed by atoms with Crippen molar-refractivity contribution in [3.05, 3.63) is 62.5 Å². The molecule has 0 aliphatic heterocycles. The summed E-state index contributed by atoms with van der Waals surface area (Å²) in [5, 5.41) is 2.64. The van der Waals surface area contributed by atoms with Crippen LogP contribution in [0.1, 0.15) is 15.9 Å². The molecule has 0 atom stereocenters. The summed E-state index contributed by atoms with van der Waals surface area (Å²) >= 11 is 8.19. The van der Waals surface area contributed by atoms with Crippen LogP contribution in [0, 0.1) is 0 Å². The molecule has 0 aliphatic rings. The van der Waals surface area contributed by atoms with Gasteiger partial charge in [-0.05, 0) is 34.1 Å². The van der Waals surface area contributed by atoms with E-state index in [9.17, 15) is 9.59 Å². The highest BCUT2D eigenvalue weighted by atomic mass is 79.9. The minimum Gasteiger partial charge on any atom is -0.389 e. The molecule has 0 radical (unpaired) electrons. The number of pyridine rings is 1. The first kappa shape index (κ1) is 14.4. The Labute approximate surface area is 128 Å². The minimum absolute atomic E-state index is 0.0397. The SMILES string of the molecule is NC(=S)c1ccc(NC(=O)c2c[nH]ccc2=O)c(Br)c1. The average molecular weight is 352 g/mol. The van der Waals surface area contributed by atoms with Crippen molar-refractivity contribution in [2.45, 2.75) is 0 Å². The molecule has 0 spiro atoms. The lowest BCUT2D eigenvalue weighted by Crippen LogP contribution is -2.21. The Morgan fingerprint density at radius 1 is 1.35 bits per heavy atom. The van der Waals surface area contributed by atoms with Crippen molar-refractivity contribution >= 4 is 44.7 Å². The number of benzene rings is 1. The Kier molecular flexibility index (Phi) is 4.31. The molecule has 102 valence electrons. The number of carbonyl (C=O) groups excluding carboxylic acids is 1. The summed E-state index contributed by atoms with van der Waals surface area (Å²) in [4.78, 5) is 26.5. The van der Waals surface area contributed by atoms with E-state index in [0.29, 0.717) is 15.7 Å². The maximum absolute atomic E-state index is 12.0. The molecule has 1 heterocycles. The van der Waals surface area contributed by atoms with E-state index in [0.717, 1.165) is 0 Å². The fourth-order valence-corrected chi connectivity index (χ4v) is 2.16. The van der Waals surface area contributed by atoms with E-state index in [4.69, 9.17) is 18.0 Å². The smallest absolute Gasteiger partial charge is 0.261 e. The standard InChI is InChI=1S/C13H10BrN3O2S/c14-9-5-7(12(15)20)1-2-10(9)17-13(19)8-6-16-4-3-11(8)18/h1-6H,(H2,15,20)(H,16,18)(H,17,19). The van der Waals surface area contributed by atoms with Gasteiger partial charge in [0.25, 0.3) is 5.91 Å². The Morgan fingerprint density at radius 3 is 2.70 bits per heavy atom. The van der Waals surface area contributed by atoms with Gasteiger partial charge in [-0.2, -0.15) is 0 Å². The van der Waals surface area contributed by atoms with Gasteiger partial charge < -0.3 is 16.0 Å². The lowest BCUT2D eigenvalue weighted by Gasteiger charge is -2.08. The molecule has 0 unspecified atom stereocenters. The van der Waals surface area contributed by atoms with Crippen LogP contribution in [0.25, 0.3) is 0 Å². The third kappa shape index (κ3) is 3.12. The van der Waals surface area contributed by atoms with Crippen LogP contribution in [-0.4, -0.2) is 15.9 Å². The van der Waals surface area contributed by atoms with Gasteiger partial charge in [-0.15, -0.1) is 0 Å². The molecule has 0 bridgehead atoms. The highest BCUT2D eigenvalue weighted by Gasteiger charge is 2.12. The van der Waals surface area contributed by atoms with Gasteiger partial charge >= 0.3 is 0 Å². The van der Waals surface area contributed by atoms with Crippen molar-refractivity contribution in [1.82, 2.24) is 4.98 Å². The number of hydrogen-bond acceptors (Lipinski definition) is 3. The van der Waals surface area contributed by atoms with Crippen molar-refractivity contribution in [3.63, 3.8) is 0 Å². The number of H-pyrrole nitrogens is 1. The summed E-state index contributed by atoms with van der Waals surface area (Å²) in [6, 6.07) is 6.35. The zero-order valence-electron chi connectivity index (χ0n) is 10.1. The number of rotatable bonds is 3. The average Bonchev–Trinajstić information content (AvgIpc) is 2.41. The van der Waals surface area contributed by atoms with E-state index < -0.39 is 5.91 Å². The summed E-state index contributed by atoms with van der Waals surface area (Å²) in [7, 11) is 0. The third-order valence-corrected chi connectivity index (χ3v) is 3.46. The maximum atomic E-state index is 12.0. The summed E-state index contributed by atoms with van der Waals surface area (Å²) < 4.78 is 0.628. The molecule has 1 aromatic heterocycles. The van der Waals surface area contributed by atoms with Crippen LogP contribution in [0.5, 0.6) is 0 Å². The van der Waals surface area contributed by atoms with E-state index in [2.05, 4.69) is 26.2 Å². The summed E-state index contributed by atoms with van der Waals surface area (Å²) in [5.74, 6) is -0.490. The molecule has 0 saturated carbocycles. The molecule has 4 N–H and O–H groups in total. The second kappa shape index (κ2) is 5.98. The van der Waals surface area contributed by atoms with Crippen LogP contribution in [0.4, 0.5) is 5.69 Å². The highest BCUT2D eigenvalue weighted by Crippen LogP contribution is 2.24. The number of nitrogens with one attached hydrogen (secondary N) is 2. The number of aromatic amines is 1. The Bertz CT molecular complexity index is 742. The first-order chi connectivity index (χ1) is 9.49. The predicted molar refractivity (Wildman–Crippen MR) is 85.0 cm³/mol. The molecular formula is C13H10BrN3O2S. The number of amides is 1. The van der Waals surface area contributed by atoms with Crippen molar-refractivity contribution < 1.29 is 4.79 Å². The molecule has 20 heavy (non-hydrogen) atoms. The lowest BCUT2D eigenvalue weighted by atomic mass is 10.2. The van der Waals surface area contributed by atoms with Crippen molar-refractivity contribution in [1.29, 1.82) is 0 Å². The zero-order valence-corrected chi connectivity index (χ0v) is 12.5.